The van der Waals surface area contributed by atoms with Crippen LogP contribution < -0.4 is 10.7 Å². The van der Waals surface area contributed by atoms with E-state index < -0.39 is 0 Å². The zero-order chi connectivity index (χ0) is 23.0. The highest BCUT2D eigenvalue weighted by Crippen LogP contribution is 2.29. The maximum absolute atomic E-state index is 12.9. The highest BCUT2D eigenvalue weighted by molar-refractivity contribution is 6.05. The van der Waals surface area contributed by atoms with E-state index in [4.69, 9.17) is 4.42 Å². The molecule has 4 heteroatoms. The summed E-state index contributed by atoms with van der Waals surface area (Å²) in [7, 11) is 0. The number of hydrogen-bond acceptors (Lipinski definition) is 3. The van der Waals surface area contributed by atoms with Gasteiger partial charge >= 0.3 is 0 Å². The van der Waals surface area contributed by atoms with Gasteiger partial charge in [-0.15, -0.1) is 0 Å². The summed E-state index contributed by atoms with van der Waals surface area (Å²) < 4.78 is 6.07. The number of para-hydroxylation sites is 1. The van der Waals surface area contributed by atoms with Gasteiger partial charge in [0.15, 0.2) is 5.43 Å². The number of benzene rings is 3. The van der Waals surface area contributed by atoms with Crippen LogP contribution in [-0.2, 0) is 0 Å². The number of carbonyl (C=O) groups is 1. The lowest BCUT2D eigenvalue weighted by atomic mass is 9.98. The SMILES string of the molecule is Cc1cc(C)c2oc(-c3ccc(C(=O)Nc4c(C)cccc4C(C)C)cc3)cc(=O)c2c1. The quantitative estimate of drug-likeness (QED) is 0.393. The maximum atomic E-state index is 12.9. The van der Waals surface area contributed by atoms with Crippen molar-refractivity contribution in [2.24, 2.45) is 0 Å². The topological polar surface area (TPSA) is 59.3 Å². The van der Waals surface area contributed by atoms with Crippen LogP contribution in [-0.4, -0.2) is 5.91 Å². The van der Waals surface area contributed by atoms with Crippen molar-refractivity contribution >= 4 is 22.6 Å². The van der Waals surface area contributed by atoms with Crippen LogP contribution >= 0.6 is 0 Å². The summed E-state index contributed by atoms with van der Waals surface area (Å²) in [6.07, 6.45) is 0. The molecular formula is C28H27NO3. The number of carbonyl (C=O) groups excluding carboxylic acids is 1. The third-order valence-corrected chi connectivity index (χ3v) is 5.76. The minimum Gasteiger partial charge on any atom is -0.456 e. The summed E-state index contributed by atoms with van der Waals surface area (Å²) in [4.78, 5) is 25.6. The van der Waals surface area contributed by atoms with Gasteiger partial charge in [0.05, 0.1) is 5.39 Å². The molecule has 0 saturated heterocycles. The fourth-order valence-electron chi connectivity index (χ4n) is 4.07. The molecule has 0 radical (unpaired) electrons. The molecule has 32 heavy (non-hydrogen) atoms. The number of nitrogens with one attached hydrogen (secondary N) is 1. The molecule has 4 rings (SSSR count). The van der Waals surface area contributed by atoms with E-state index >= 15 is 0 Å². The Labute approximate surface area is 187 Å². The van der Waals surface area contributed by atoms with Crippen LogP contribution in [0, 0.1) is 20.8 Å². The van der Waals surface area contributed by atoms with E-state index in [9.17, 15) is 9.59 Å². The van der Waals surface area contributed by atoms with Crippen LogP contribution in [0.4, 0.5) is 5.69 Å². The molecule has 0 unspecified atom stereocenters. The first-order chi connectivity index (χ1) is 15.2. The van der Waals surface area contributed by atoms with Gasteiger partial charge in [0, 0.05) is 22.9 Å². The molecule has 0 spiro atoms. The molecule has 0 aliphatic heterocycles. The molecule has 3 aromatic carbocycles. The summed E-state index contributed by atoms with van der Waals surface area (Å²) in [6, 6.07) is 18.5. The van der Waals surface area contributed by atoms with Crippen molar-refractivity contribution < 1.29 is 9.21 Å². The Morgan fingerprint density at radius 1 is 0.906 bits per heavy atom. The number of hydrogen-bond donors (Lipinski definition) is 1. The summed E-state index contributed by atoms with van der Waals surface area (Å²) in [5, 5.41) is 3.65. The Balaban J connectivity index is 1.65. The minimum atomic E-state index is -0.168. The van der Waals surface area contributed by atoms with Crippen LogP contribution in [0.25, 0.3) is 22.3 Å². The van der Waals surface area contributed by atoms with Crippen molar-refractivity contribution in [2.45, 2.75) is 40.5 Å². The highest BCUT2D eigenvalue weighted by Gasteiger charge is 2.14. The van der Waals surface area contributed by atoms with Crippen molar-refractivity contribution in [3.8, 4) is 11.3 Å². The van der Waals surface area contributed by atoms with Crippen molar-refractivity contribution in [2.75, 3.05) is 5.32 Å². The van der Waals surface area contributed by atoms with Gasteiger partial charge in [-0.1, -0.05) is 50.2 Å². The summed E-state index contributed by atoms with van der Waals surface area (Å²) >= 11 is 0. The average Bonchev–Trinajstić information content (AvgIpc) is 2.75. The van der Waals surface area contributed by atoms with Crippen LogP contribution in [0.3, 0.4) is 0 Å². The van der Waals surface area contributed by atoms with Gasteiger partial charge in [0.2, 0.25) is 0 Å². The van der Waals surface area contributed by atoms with E-state index in [2.05, 4.69) is 19.2 Å². The third-order valence-electron chi connectivity index (χ3n) is 5.76. The predicted molar refractivity (Wildman–Crippen MR) is 131 cm³/mol. The molecule has 0 aliphatic rings. The first-order valence-corrected chi connectivity index (χ1v) is 10.8. The normalized spacial score (nSPS) is 11.2. The monoisotopic (exact) mass is 425 g/mol. The standard InChI is InChI=1S/C28H27NO3/c1-16(2)22-8-6-7-18(4)26(22)29-28(31)21-11-9-20(10-12-21)25-15-24(30)23-14-17(3)13-19(5)27(23)32-25/h6-16H,1-5H3,(H,29,31). The van der Waals surface area contributed by atoms with Gasteiger partial charge in [-0.3, -0.25) is 9.59 Å². The number of rotatable bonds is 4. The molecule has 1 amide bonds. The largest absolute Gasteiger partial charge is 0.456 e. The van der Waals surface area contributed by atoms with Crippen molar-refractivity contribution in [1.29, 1.82) is 0 Å². The second-order valence-corrected chi connectivity index (χ2v) is 8.66. The lowest BCUT2D eigenvalue weighted by Gasteiger charge is -2.16. The van der Waals surface area contributed by atoms with E-state index in [1.807, 2.05) is 63.2 Å². The molecule has 0 fully saturated rings. The Morgan fingerprint density at radius 2 is 1.62 bits per heavy atom. The number of aryl methyl sites for hydroxylation is 3. The van der Waals surface area contributed by atoms with Crippen molar-refractivity contribution in [1.82, 2.24) is 0 Å². The molecule has 0 atom stereocenters. The fourth-order valence-corrected chi connectivity index (χ4v) is 4.07. The van der Waals surface area contributed by atoms with Crippen LogP contribution in [0.2, 0.25) is 0 Å². The molecule has 1 aromatic heterocycles. The van der Waals surface area contributed by atoms with Gasteiger partial charge in [0.25, 0.3) is 5.91 Å². The zero-order valence-corrected chi connectivity index (χ0v) is 19.1. The first kappa shape index (κ1) is 21.6. The molecule has 1 N–H and O–H groups in total. The smallest absolute Gasteiger partial charge is 0.255 e. The highest BCUT2D eigenvalue weighted by atomic mass is 16.3. The van der Waals surface area contributed by atoms with Crippen LogP contribution in [0.5, 0.6) is 0 Å². The van der Waals surface area contributed by atoms with Gasteiger partial charge in [-0.05, 0) is 67.1 Å². The Bertz CT molecular complexity index is 1380. The van der Waals surface area contributed by atoms with E-state index in [1.165, 1.54) is 6.07 Å². The molecule has 4 aromatic rings. The van der Waals surface area contributed by atoms with E-state index in [-0.39, 0.29) is 11.3 Å². The molecule has 4 nitrogen and oxygen atoms in total. The summed E-state index contributed by atoms with van der Waals surface area (Å²) in [6.45, 7) is 10.1. The van der Waals surface area contributed by atoms with Crippen molar-refractivity contribution in [3.63, 3.8) is 0 Å². The Kier molecular flexibility index (Phi) is 5.70. The lowest BCUT2D eigenvalue weighted by molar-refractivity contribution is 0.102. The Hall–Kier alpha value is -3.66. The molecule has 0 saturated carbocycles. The van der Waals surface area contributed by atoms with Crippen molar-refractivity contribution in [3.05, 3.63) is 98.7 Å². The molecule has 0 aliphatic carbocycles. The predicted octanol–water partition coefficient (Wildman–Crippen LogP) is 6.76. The summed E-state index contributed by atoms with van der Waals surface area (Å²) in [5.74, 6) is 0.622. The van der Waals surface area contributed by atoms with E-state index in [0.29, 0.717) is 28.2 Å². The molecule has 162 valence electrons. The minimum absolute atomic E-state index is 0.0735. The molecule has 1 heterocycles. The van der Waals surface area contributed by atoms with Gasteiger partial charge in [-0.2, -0.15) is 0 Å². The number of amides is 1. The molecule has 0 bridgehead atoms. The average molecular weight is 426 g/mol. The van der Waals surface area contributed by atoms with E-state index in [0.717, 1.165) is 33.5 Å². The second-order valence-electron chi connectivity index (χ2n) is 8.66. The van der Waals surface area contributed by atoms with Gasteiger partial charge in [-0.25, -0.2) is 0 Å². The Morgan fingerprint density at radius 3 is 2.31 bits per heavy atom. The molecular weight excluding hydrogens is 398 g/mol. The number of anilines is 1. The van der Waals surface area contributed by atoms with Gasteiger partial charge in [0.1, 0.15) is 11.3 Å². The van der Waals surface area contributed by atoms with Crippen LogP contribution in [0.1, 0.15) is 52.4 Å². The zero-order valence-electron chi connectivity index (χ0n) is 19.1. The van der Waals surface area contributed by atoms with Gasteiger partial charge < -0.3 is 9.73 Å². The van der Waals surface area contributed by atoms with E-state index in [1.54, 1.807) is 12.1 Å². The number of fused-ring (bicyclic) bond motifs is 1. The fraction of sp³-hybridized carbons (Fsp3) is 0.214. The second kappa shape index (κ2) is 8.46. The first-order valence-electron chi connectivity index (χ1n) is 10.8. The summed E-state index contributed by atoms with van der Waals surface area (Å²) in [5.41, 5.74) is 6.78. The maximum Gasteiger partial charge on any atom is 0.255 e. The lowest BCUT2D eigenvalue weighted by Crippen LogP contribution is -2.14. The third kappa shape index (κ3) is 4.09. The van der Waals surface area contributed by atoms with Crippen LogP contribution in [0.15, 0.2) is 69.9 Å².